The summed E-state index contributed by atoms with van der Waals surface area (Å²) in [6, 6.07) is 4.11. The zero-order valence-electron chi connectivity index (χ0n) is 36.7. The number of furan rings is 1. The summed E-state index contributed by atoms with van der Waals surface area (Å²) in [5.74, 6) is 0.995. The van der Waals surface area contributed by atoms with Gasteiger partial charge in [-0.2, -0.15) is 4.31 Å². The second-order valence-corrected chi connectivity index (χ2v) is 21.4. The van der Waals surface area contributed by atoms with Crippen LogP contribution in [-0.4, -0.2) is 123 Å². The Morgan fingerprint density at radius 2 is 1.59 bits per heavy atom. The predicted octanol–water partition coefficient (Wildman–Crippen LogP) is 3.18. The van der Waals surface area contributed by atoms with E-state index < -0.39 is 84.6 Å². The van der Waals surface area contributed by atoms with Crippen LogP contribution in [0.4, 0.5) is 5.82 Å². The normalized spacial score (nSPS) is 20.2. The number of aromatic nitrogens is 4. The van der Waals surface area contributed by atoms with E-state index in [0.29, 0.717) is 12.2 Å². The number of carbonyl (C=O) groups excluding carboxylic acids is 3. The van der Waals surface area contributed by atoms with Crippen molar-refractivity contribution >= 4 is 69.1 Å². The molecule has 29 heteroatoms. The van der Waals surface area contributed by atoms with Crippen LogP contribution in [0.3, 0.4) is 0 Å². The van der Waals surface area contributed by atoms with Gasteiger partial charge in [0, 0.05) is 49.9 Å². The van der Waals surface area contributed by atoms with Gasteiger partial charge in [0.2, 0.25) is 11.8 Å². The molecule has 2 amide bonds. The van der Waals surface area contributed by atoms with E-state index in [4.69, 9.17) is 23.9 Å². The second kappa shape index (κ2) is 25.4. The quantitative estimate of drug-likeness (QED) is 0.0342. The second-order valence-electron chi connectivity index (χ2n) is 16.0. The third-order valence-corrected chi connectivity index (χ3v) is 14.1. The fourth-order valence-corrected chi connectivity index (χ4v) is 10.1. The summed E-state index contributed by atoms with van der Waals surface area (Å²) < 4.78 is 68.3. The minimum absolute atomic E-state index is 0.0309. The third-order valence-electron chi connectivity index (χ3n) is 10.1. The summed E-state index contributed by atoms with van der Waals surface area (Å²) in [4.78, 5) is 88.3. The SMILES string of the molecule is CCCCc1ccc(CCCCCCCC(=O)SCCNC(=O)CCNC(=O)C(O)C(C)(C)COP(=O)(O)OP(=O)(O)OCC2OC(n3cnc4c(N)ncnc43)C(O)C2OP(=O)(O)O)o1. The van der Waals surface area contributed by atoms with Crippen LogP contribution in [-0.2, 0) is 63.5 Å². The molecule has 0 radical (unpaired) electrons. The Hall–Kier alpha value is -3.16. The molecule has 7 atom stereocenters. The molecule has 25 nitrogen and oxygen atoms in total. The lowest BCUT2D eigenvalue weighted by Gasteiger charge is -2.30. The van der Waals surface area contributed by atoms with E-state index in [0.717, 1.165) is 98.3 Å². The fraction of sp³-hybridized carbons (Fsp3) is 0.676. The molecule has 1 aliphatic heterocycles. The number of nitrogens with zero attached hydrogens (tertiary/aromatic N) is 4. The first-order valence-electron chi connectivity index (χ1n) is 21.1. The van der Waals surface area contributed by atoms with Gasteiger partial charge in [-0.15, -0.1) is 0 Å². The summed E-state index contributed by atoms with van der Waals surface area (Å²) in [5, 5.41) is 26.6. The Morgan fingerprint density at radius 1 is 0.924 bits per heavy atom. The van der Waals surface area contributed by atoms with Crippen LogP contribution in [0.25, 0.3) is 11.2 Å². The highest BCUT2D eigenvalue weighted by atomic mass is 32.2. The molecule has 3 aromatic heterocycles. The third kappa shape index (κ3) is 18.1. The molecule has 3 aromatic rings. The molecule has 1 fully saturated rings. The average Bonchev–Trinajstić information content (AvgIpc) is 3.96. The number of nitrogens with one attached hydrogen (secondary N) is 2. The Morgan fingerprint density at radius 3 is 2.29 bits per heavy atom. The molecule has 0 aromatic carbocycles. The van der Waals surface area contributed by atoms with Gasteiger partial charge < -0.3 is 55.3 Å². The number of aliphatic hydroxyl groups excluding tert-OH is 2. The van der Waals surface area contributed by atoms with Crippen LogP contribution in [0, 0.1) is 5.41 Å². The number of phosphoric ester groups is 3. The average molecular weight is 1020 g/mol. The number of unbranched alkanes of at least 4 members (excludes halogenated alkanes) is 5. The van der Waals surface area contributed by atoms with E-state index in [9.17, 15) is 57.9 Å². The first-order chi connectivity index (χ1) is 31.0. The van der Waals surface area contributed by atoms with E-state index in [2.05, 4.69) is 53.5 Å². The first kappa shape index (κ1) is 55.4. The first-order valence-corrected chi connectivity index (χ1v) is 26.6. The maximum absolute atomic E-state index is 12.7. The van der Waals surface area contributed by atoms with Crippen molar-refractivity contribution in [2.45, 2.75) is 122 Å². The number of nitrogen functional groups attached to an aromatic ring is 1. The number of carbonyl (C=O) groups is 3. The van der Waals surface area contributed by atoms with Crippen molar-refractivity contribution in [3.8, 4) is 0 Å². The van der Waals surface area contributed by atoms with Gasteiger partial charge in [-0.25, -0.2) is 28.6 Å². The number of phosphoric acid groups is 3. The van der Waals surface area contributed by atoms with E-state index in [-0.39, 0.29) is 41.6 Å². The van der Waals surface area contributed by atoms with Gasteiger partial charge in [-0.3, -0.25) is 32.5 Å². The number of imidazole rings is 1. The van der Waals surface area contributed by atoms with Crippen LogP contribution in [0.2, 0.25) is 0 Å². The molecular formula is C37H60N7O18P3S. The molecule has 1 saturated heterocycles. The van der Waals surface area contributed by atoms with Crippen molar-refractivity contribution in [3.63, 3.8) is 0 Å². The largest absolute Gasteiger partial charge is 0.481 e. The van der Waals surface area contributed by atoms with Crippen LogP contribution < -0.4 is 16.4 Å². The van der Waals surface area contributed by atoms with Crippen LogP contribution in [0.1, 0.15) is 96.3 Å². The fourth-order valence-electron chi connectivity index (χ4n) is 6.51. The minimum Gasteiger partial charge on any atom is -0.466 e. The number of hydrogen-bond acceptors (Lipinski definition) is 19. The molecule has 0 spiro atoms. The lowest BCUT2D eigenvalue weighted by molar-refractivity contribution is -0.137. The number of aryl methyl sites for hydroxylation is 2. The number of fused-ring (bicyclic) bond motifs is 1. The Balaban J connectivity index is 1.10. The van der Waals surface area contributed by atoms with Crippen LogP contribution in [0.15, 0.2) is 29.2 Å². The number of amides is 2. The van der Waals surface area contributed by atoms with E-state index >= 15 is 0 Å². The lowest BCUT2D eigenvalue weighted by Crippen LogP contribution is -2.46. The van der Waals surface area contributed by atoms with E-state index in [1.807, 2.05) is 0 Å². The molecule has 1 aliphatic rings. The number of thioether (sulfide) groups is 1. The number of rotatable bonds is 30. The predicted molar refractivity (Wildman–Crippen MR) is 236 cm³/mol. The number of nitrogens with two attached hydrogens (primary N) is 1. The molecular weight excluding hydrogens is 955 g/mol. The van der Waals surface area contributed by atoms with Crippen molar-refractivity contribution < 1.29 is 84.9 Å². The molecule has 0 aliphatic carbocycles. The zero-order chi connectivity index (χ0) is 48.7. The van der Waals surface area contributed by atoms with Crippen LogP contribution >= 0.6 is 35.2 Å². The maximum atomic E-state index is 12.7. The van der Waals surface area contributed by atoms with Crippen molar-refractivity contribution in [2.75, 3.05) is 37.8 Å². The van der Waals surface area contributed by atoms with Crippen molar-refractivity contribution in [3.05, 3.63) is 36.3 Å². The molecule has 4 heterocycles. The van der Waals surface area contributed by atoms with Gasteiger partial charge in [0.1, 0.15) is 47.8 Å². The maximum Gasteiger partial charge on any atom is 0.481 e. The smallest absolute Gasteiger partial charge is 0.466 e. The highest BCUT2D eigenvalue weighted by molar-refractivity contribution is 8.13. The summed E-state index contributed by atoms with van der Waals surface area (Å²) in [6.07, 6.45) is 2.52. The molecule has 10 N–H and O–H groups in total. The highest BCUT2D eigenvalue weighted by Gasteiger charge is 2.50. The topological polar surface area (TPSA) is 377 Å². The number of hydrogen-bond donors (Lipinski definition) is 9. The summed E-state index contributed by atoms with van der Waals surface area (Å²) in [5.41, 5.74) is 4.27. The highest BCUT2D eigenvalue weighted by Crippen LogP contribution is 2.61. The Labute approximate surface area is 384 Å². The van der Waals surface area contributed by atoms with Gasteiger partial charge in [-0.1, -0.05) is 58.2 Å². The van der Waals surface area contributed by atoms with Gasteiger partial charge >= 0.3 is 23.5 Å². The number of anilines is 1. The summed E-state index contributed by atoms with van der Waals surface area (Å²) >= 11 is 1.13. The van der Waals surface area contributed by atoms with Gasteiger partial charge in [0.25, 0.3) is 0 Å². The monoisotopic (exact) mass is 1020 g/mol. The standard InChI is InChI=1S/C37H60N7O18P3S/c1-4-5-11-24-14-15-25(59-24)12-9-7-6-8-10-13-28(46)66-19-18-39-27(45)16-17-40-35(49)32(48)37(2,3)21-58-65(55,56)62-64(53,54)57-20-26-31(61-63(50,51)52)30(47)36(60-26)44-23-43-29-33(38)41-22-42-34(29)44/h14-15,22-23,26,30-32,36,47-48H,4-13,16-21H2,1-3H3,(H,39,45)(H,40,49)(H,53,54)(H,55,56)(H2,38,41,42)(H2,50,51,52). The number of ether oxygens (including phenoxy) is 1. The molecule has 372 valence electrons. The van der Waals surface area contributed by atoms with E-state index in [1.165, 1.54) is 13.8 Å². The molecule has 66 heavy (non-hydrogen) atoms. The van der Waals surface area contributed by atoms with Crippen LogP contribution in [0.5, 0.6) is 0 Å². The molecule has 7 unspecified atom stereocenters. The van der Waals surface area contributed by atoms with Gasteiger partial charge in [-0.05, 0) is 31.4 Å². The Kier molecular flexibility index (Phi) is 21.4. The van der Waals surface area contributed by atoms with Crippen molar-refractivity contribution in [2.24, 2.45) is 5.41 Å². The summed E-state index contributed by atoms with van der Waals surface area (Å²) in [7, 11) is -16.4. The molecule has 0 bridgehead atoms. The molecule has 4 rings (SSSR count). The van der Waals surface area contributed by atoms with Crippen molar-refractivity contribution in [1.82, 2.24) is 30.2 Å². The van der Waals surface area contributed by atoms with Gasteiger partial charge in [0.15, 0.2) is 22.8 Å². The minimum atomic E-state index is -5.58. The lowest BCUT2D eigenvalue weighted by atomic mass is 9.87. The molecule has 0 saturated carbocycles. The Bertz CT molecular complexity index is 2210. The van der Waals surface area contributed by atoms with E-state index in [1.54, 1.807) is 0 Å². The number of aliphatic hydroxyl groups is 2. The zero-order valence-corrected chi connectivity index (χ0v) is 40.2. The summed E-state index contributed by atoms with van der Waals surface area (Å²) in [6.45, 7) is 2.68. The van der Waals surface area contributed by atoms with Gasteiger partial charge in [0.05, 0.1) is 19.5 Å². The van der Waals surface area contributed by atoms with Crippen molar-refractivity contribution in [1.29, 1.82) is 0 Å².